The number of nitrogens with zero attached hydrogens (tertiary/aromatic N) is 6. The molecule has 3 heterocycles. The Kier molecular flexibility index (Phi) is 2.93. The van der Waals surface area contributed by atoms with Gasteiger partial charge in [-0.3, -0.25) is 4.98 Å². The lowest BCUT2D eigenvalue weighted by atomic mass is 10.2. The quantitative estimate of drug-likeness (QED) is 0.576. The van der Waals surface area contributed by atoms with Gasteiger partial charge < -0.3 is 9.09 Å². The molecule has 106 valence electrons. The summed E-state index contributed by atoms with van der Waals surface area (Å²) in [6.45, 7) is 0. The van der Waals surface area contributed by atoms with Crippen molar-refractivity contribution in [3.8, 4) is 28.7 Å². The van der Waals surface area contributed by atoms with Crippen LogP contribution in [0.1, 0.15) is 0 Å². The van der Waals surface area contributed by atoms with E-state index in [0.717, 1.165) is 11.3 Å². The van der Waals surface area contributed by atoms with Crippen molar-refractivity contribution in [2.45, 2.75) is 0 Å². The Morgan fingerprint density at radius 1 is 0.955 bits per heavy atom. The number of rotatable bonds is 3. The molecule has 7 heteroatoms. The molecule has 0 saturated heterocycles. The molecule has 0 aliphatic heterocycles. The highest BCUT2D eigenvalue weighted by Gasteiger charge is 2.11. The van der Waals surface area contributed by atoms with Gasteiger partial charge in [-0.2, -0.15) is 4.98 Å². The molecule has 0 amide bonds. The van der Waals surface area contributed by atoms with Gasteiger partial charge in [-0.1, -0.05) is 5.16 Å². The van der Waals surface area contributed by atoms with Crippen LogP contribution in [0.4, 0.5) is 0 Å². The summed E-state index contributed by atoms with van der Waals surface area (Å²) in [4.78, 5) is 16.5. The molecule has 0 N–H and O–H groups in total. The summed E-state index contributed by atoms with van der Waals surface area (Å²) in [5.74, 6) is 0.861. The fraction of sp³-hybridized carbons (Fsp3) is 0. The Bertz CT molecular complexity index is 868. The first-order valence-electron chi connectivity index (χ1n) is 6.59. The SMILES string of the molecule is c1cnc(-c2noc(-c3ccc(-n4ccnc4)cc3)n2)cn1. The van der Waals surface area contributed by atoms with Crippen LogP contribution in [0.3, 0.4) is 0 Å². The summed E-state index contributed by atoms with van der Waals surface area (Å²) in [7, 11) is 0. The van der Waals surface area contributed by atoms with Crippen molar-refractivity contribution in [3.63, 3.8) is 0 Å². The second-order valence-electron chi connectivity index (χ2n) is 4.53. The first kappa shape index (κ1) is 12.4. The van der Waals surface area contributed by atoms with Crippen LogP contribution in [0.15, 0.2) is 66.1 Å². The lowest BCUT2D eigenvalue weighted by Crippen LogP contribution is -1.89. The van der Waals surface area contributed by atoms with E-state index >= 15 is 0 Å². The predicted octanol–water partition coefficient (Wildman–Crippen LogP) is 2.38. The summed E-state index contributed by atoms with van der Waals surface area (Å²) in [5, 5.41) is 3.93. The Hall–Kier alpha value is -3.35. The van der Waals surface area contributed by atoms with Gasteiger partial charge in [0.1, 0.15) is 5.69 Å². The van der Waals surface area contributed by atoms with Gasteiger partial charge in [0, 0.05) is 36.0 Å². The van der Waals surface area contributed by atoms with Crippen molar-refractivity contribution in [2.24, 2.45) is 0 Å². The highest BCUT2D eigenvalue weighted by Crippen LogP contribution is 2.21. The normalized spacial score (nSPS) is 10.7. The van der Waals surface area contributed by atoms with E-state index in [0.29, 0.717) is 17.4 Å². The van der Waals surface area contributed by atoms with Gasteiger partial charge >= 0.3 is 0 Å². The Labute approximate surface area is 125 Å². The maximum Gasteiger partial charge on any atom is 0.258 e. The third-order valence-corrected chi connectivity index (χ3v) is 3.14. The van der Waals surface area contributed by atoms with Crippen LogP contribution in [0.2, 0.25) is 0 Å². The minimum Gasteiger partial charge on any atom is -0.334 e. The lowest BCUT2D eigenvalue weighted by Gasteiger charge is -2.01. The fourth-order valence-corrected chi connectivity index (χ4v) is 2.05. The summed E-state index contributed by atoms with van der Waals surface area (Å²) in [5.41, 5.74) is 2.42. The largest absolute Gasteiger partial charge is 0.334 e. The highest BCUT2D eigenvalue weighted by atomic mass is 16.5. The van der Waals surface area contributed by atoms with E-state index in [-0.39, 0.29) is 0 Å². The number of hydrogen-bond acceptors (Lipinski definition) is 6. The maximum absolute atomic E-state index is 5.29. The molecule has 4 rings (SSSR count). The van der Waals surface area contributed by atoms with Gasteiger partial charge in [0.05, 0.1) is 12.5 Å². The van der Waals surface area contributed by atoms with Gasteiger partial charge in [-0.05, 0) is 24.3 Å². The molecule has 0 spiro atoms. The van der Waals surface area contributed by atoms with E-state index < -0.39 is 0 Å². The summed E-state index contributed by atoms with van der Waals surface area (Å²) < 4.78 is 7.21. The summed E-state index contributed by atoms with van der Waals surface area (Å²) in [6.07, 6.45) is 10.1. The van der Waals surface area contributed by atoms with Crippen LogP contribution in [0.5, 0.6) is 0 Å². The van der Waals surface area contributed by atoms with E-state index in [1.807, 2.05) is 35.0 Å². The van der Waals surface area contributed by atoms with Crippen LogP contribution >= 0.6 is 0 Å². The molecular formula is C15H10N6O. The first-order chi connectivity index (χ1) is 10.9. The lowest BCUT2D eigenvalue weighted by molar-refractivity contribution is 0.432. The van der Waals surface area contributed by atoms with Crippen LogP contribution in [0, 0.1) is 0 Å². The smallest absolute Gasteiger partial charge is 0.258 e. The van der Waals surface area contributed by atoms with Crippen LogP contribution in [-0.2, 0) is 0 Å². The molecule has 0 fully saturated rings. The van der Waals surface area contributed by atoms with Crippen LogP contribution in [0.25, 0.3) is 28.7 Å². The zero-order valence-corrected chi connectivity index (χ0v) is 11.4. The van der Waals surface area contributed by atoms with Gasteiger partial charge in [-0.15, -0.1) is 0 Å². The Morgan fingerprint density at radius 2 is 1.86 bits per heavy atom. The van der Waals surface area contributed by atoms with Crippen molar-refractivity contribution in [1.29, 1.82) is 0 Å². The third-order valence-electron chi connectivity index (χ3n) is 3.14. The molecule has 22 heavy (non-hydrogen) atoms. The number of imidazole rings is 1. The molecule has 0 radical (unpaired) electrons. The molecule has 4 aromatic rings. The van der Waals surface area contributed by atoms with Gasteiger partial charge in [-0.25, -0.2) is 9.97 Å². The average Bonchev–Trinajstić information content (AvgIpc) is 3.28. The van der Waals surface area contributed by atoms with E-state index in [1.54, 1.807) is 31.1 Å². The van der Waals surface area contributed by atoms with E-state index in [2.05, 4.69) is 25.1 Å². The van der Waals surface area contributed by atoms with Crippen molar-refractivity contribution >= 4 is 0 Å². The van der Waals surface area contributed by atoms with E-state index in [9.17, 15) is 0 Å². The summed E-state index contributed by atoms with van der Waals surface area (Å²) in [6, 6.07) is 7.76. The molecule has 0 saturated carbocycles. The zero-order chi connectivity index (χ0) is 14.8. The summed E-state index contributed by atoms with van der Waals surface area (Å²) >= 11 is 0. The van der Waals surface area contributed by atoms with E-state index in [4.69, 9.17) is 4.52 Å². The van der Waals surface area contributed by atoms with Crippen molar-refractivity contribution in [3.05, 3.63) is 61.6 Å². The standard InChI is InChI=1S/C15H10N6O/c1-3-12(21-8-7-17-10-21)4-2-11(1)15-19-14(20-22-15)13-9-16-5-6-18-13/h1-10H. The molecule has 7 nitrogen and oxygen atoms in total. The monoisotopic (exact) mass is 290 g/mol. The number of hydrogen-bond donors (Lipinski definition) is 0. The molecule has 1 aromatic carbocycles. The third kappa shape index (κ3) is 2.24. The second kappa shape index (κ2) is 5.21. The van der Waals surface area contributed by atoms with Crippen molar-refractivity contribution in [1.82, 2.24) is 29.7 Å². The number of benzene rings is 1. The first-order valence-corrected chi connectivity index (χ1v) is 6.59. The van der Waals surface area contributed by atoms with Crippen LogP contribution < -0.4 is 0 Å². The molecule has 0 unspecified atom stereocenters. The highest BCUT2D eigenvalue weighted by molar-refractivity contribution is 5.58. The predicted molar refractivity (Wildman–Crippen MR) is 77.9 cm³/mol. The minimum absolute atomic E-state index is 0.418. The average molecular weight is 290 g/mol. The minimum atomic E-state index is 0.418. The Morgan fingerprint density at radius 3 is 2.59 bits per heavy atom. The van der Waals surface area contributed by atoms with Crippen LogP contribution in [-0.4, -0.2) is 29.7 Å². The fourth-order valence-electron chi connectivity index (χ4n) is 2.05. The maximum atomic E-state index is 5.29. The Balaban J connectivity index is 1.64. The van der Waals surface area contributed by atoms with Gasteiger partial charge in [0.15, 0.2) is 0 Å². The topological polar surface area (TPSA) is 82.5 Å². The molecular weight excluding hydrogens is 280 g/mol. The zero-order valence-electron chi connectivity index (χ0n) is 11.4. The van der Waals surface area contributed by atoms with Crippen molar-refractivity contribution < 1.29 is 4.52 Å². The van der Waals surface area contributed by atoms with Gasteiger partial charge in [0.25, 0.3) is 5.89 Å². The molecule has 0 bridgehead atoms. The van der Waals surface area contributed by atoms with Gasteiger partial charge in [0.2, 0.25) is 5.82 Å². The number of aromatic nitrogens is 6. The molecule has 0 aliphatic rings. The molecule has 0 atom stereocenters. The van der Waals surface area contributed by atoms with E-state index in [1.165, 1.54) is 0 Å². The van der Waals surface area contributed by atoms with Crippen molar-refractivity contribution in [2.75, 3.05) is 0 Å². The second-order valence-corrected chi connectivity index (χ2v) is 4.53. The molecule has 3 aromatic heterocycles. The molecule has 0 aliphatic carbocycles.